The Balaban J connectivity index is 1.82. The topological polar surface area (TPSA) is 88.2 Å². The third-order valence-corrected chi connectivity index (χ3v) is 7.78. The predicted octanol–water partition coefficient (Wildman–Crippen LogP) is 3.13. The van der Waals surface area contributed by atoms with Crippen LogP contribution in [0.25, 0.3) is 0 Å². The highest BCUT2D eigenvalue weighted by molar-refractivity contribution is 7.89. The molecule has 0 unspecified atom stereocenters. The van der Waals surface area contributed by atoms with Crippen molar-refractivity contribution in [3.8, 4) is 5.75 Å². The molecule has 0 bridgehead atoms. The van der Waals surface area contributed by atoms with Crippen LogP contribution in [0.5, 0.6) is 5.75 Å². The molecule has 1 saturated heterocycles. The summed E-state index contributed by atoms with van der Waals surface area (Å²) in [5.41, 5.74) is 2.33. The van der Waals surface area contributed by atoms with E-state index in [9.17, 15) is 13.2 Å². The van der Waals surface area contributed by atoms with Crippen molar-refractivity contribution in [1.82, 2.24) is 4.31 Å². The first-order valence-corrected chi connectivity index (χ1v) is 12.7. The zero-order valence-corrected chi connectivity index (χ0v) is 20.4. The van der Waals surface area contributed by atoms with Crippen LogP contribution >= 0.6 is 0 Å². The molecule has 0 saturated carbocycles. The van der Waals surface area contributed by atoms with Crippen LogP contribution in [0.2, 0.25) is 0 Å². The molecule has 0 aromatic heterocycles. The number of ether oxygens (including phenoxy) is 2. The summed E-state index contributed by atoms with van der Waals surface area (Å²) in [6.07, 6.45) is 0.849. The number of anilines is 2. The number of nitrogens with one attached hydrogen (secondary N) is 1. The average Bonchev–Trinajstić information content (AvgIpc) is 2.84. The SMILES string of the molecule is CCN(CC)S(=O)(=O)c1ccc(N2CCOCC2)c(NC(=O)CCc2ccc(OC)cc2)c1. The molecule has 0 radical (unpaired) electrons. The summed E-state index contributed by atoms with van der Waals surface area (Å²) >= 11 is 0. The van der Waals surface area contributed by atoms with Gasteiger partial charge in [-0.1, -0.05) is 26.0 Å². The first-order valence-electron chi connectivity index (χ1n) is 11.3. The fourth-order valence-corrected chi connectivity index (χ4v) is 5.32. The lowest BCUT2D eigenvalue weighted by Crippen LogP contribution is -2.37. The van der Waals surface area contributed by atoms with E-state index in [2.05, 4.69) is 10.2 Å². The van der Waals surface area contributed by atoms with Crippen LogP contribution in [-0.4, -0.2) is 65.1 Å². The lowest BCUT2D eigenvalue weighted by atomic mass is 10.1. The molecule has 2 aromatic rings. The minimum absolute atomic E-state index is 0.169. The van der Waals surface area contributed by atoms with Gasteiger partial charge in [0.15, 0.2) is 0 Å². The quantitative estimate of drug-likeness (QED) is 0.568. The number of benzene rings is 2. The van der Waals surface area contributed by atoms with E-state index in [1.165, 1.54) is 4.31 Å². The maximum Gasteiger partial charge on any atom is 0.243 e. The van der Waals surface area contributed by atoms with Gasteiger partial charge in [0, 0.05) is 32.6 Å². The van der Waals surface area contributed by atoms with Crippen molar-refractivity contribution in [3.63, 3.8) is 0 Å². The maximum atomic E-state index is 13.1. The highest BCUT2D eigenvalue weighted by Gasteiger charge is 2.24. The summed E-state index contributed by atoms with van der Waals surface area (Å²) < 4.78 is 38.1. The molecular weight excluding hydrogens is 442 g/mol. The zero-order chi connectivity index (χ0) is 23.8. The van der Waals surface area contributed by atoms with Gasteiger partial charge in [0.1, 0.15) is 5.75 Å². The van der Waals surface area contributed by atoms with Gasteiger partial charge in [-0.15, -0.1) is 0 Å². The average molecular weight is 476 g/mol. The summed E-state index contributed by atoms with van der Waals surface area (Å²) in [5, 5.41) is 2.96. The second-order valence-corrected chi connectivity index (χ2v) is 9.70. The first kappa shape index (κ1) is 25.0. The number of hydrogen-bond acceptors (Lipinski definition) is 6. The largest absolute Gasteiger partial charge is 0.497 e. The van der Waals surface area contributed by atoms with E-state index in [1.807, 2.05) is 38.1 Å². The van der Waals surface area contributed by atoms with Gasteiger partial charge in [0.2, 0.25) is 15.9 Å². The van der Waals surface area contributed by atoms with E-state index in [-0.39, 0.29) is 17.2 Å². The van der Waals surface area contributed by atoms with Crippen molar-refractivity contribution in [1.29, 1.82) is 0 Å². The van der Waals surface area contributed by atoms with E-state index in [1.54, 1.807) is 25.3 Å². The number of nitrogens with zero attached hydrogens (tertiary/aromatic N) is 2. The van der Waals surface area contributed by atoms with Crippen LogP contribution in [0.4, 0.5) is 11.4 Å². The Labute approximate surface area is 196 Å². The van der Waals surface area contributed by atoms with Crippen LogP contribution in [0, 0.1) is 0 Å². The predicted molar refractivity (Wildman–Crippen MR) is 130 cm³/mol. The molecular formula is C24H33N3O5S. The molecule has 0 aliphatic carbocycles. The Bertz CT molecular complexity index is 1030. The lowest BCUT2D eigenvalue weighted by molar-refractivity contribution is -0.116. The molecule has 1 amide bonds. The smallest absolute Gasteiger partial charge is 0.243 e. The van der Waals surface area contributed by atoms with E-state index in [4.69, 9.17) is 9.47 Å². The Morgan fingerprint density at radius 3 is 2.36 bits per heavy atom. The Hall–Kier alpha value is -2.62. The van der Waals surface area contributed by atoms with Gasteiger partial charge in [-0.3, -0.25) is 4.79 Å². The molecule has 33 heavy (non-hydrogen) atoms. The number of sulfonamides is 1. The summed E-state index contributed by atoms with van der Waals surface area (Å²) in [4.78, 5) is 15.1. The van der Waals surface area contributed by atoms with Crippen molar-refractivity contribution >= 4 is 27.3 Å². The van der Waals surface area contributed by atoms with Gasteiger partial charge in [-0.2, -0.15) is 4.31 Å². The molecule has 9 heteroatoms. The van der Waals surface area contributed by atoms with Crippen molar-refractivity contribution < 1.29 is 22.7 Å². The number of hydrogen-bond donors (Lipinski definition) is 1. The first-order chi connectivity index (χ1) is 15.9. The number of amides is 1. The lowest BCUT2D eigenvalue weighted by Gasteiger charge is -2.31. The molecule has 1 aliphatic heterocycles. The molecule has 180 valence electrons. The highest BCUT2D eigenvalue weighted by atomic mass is 32.2. The molecule has 0 spiro atoms. The summed E-state index contributed by atoms with van der Waals surface area (Å²) in [6, 6.07) is 12.6. The normalized spacial score (nSPS) is 14.4. The van der Waals surface area contributed by atoms with Gasteiger partial charge in [0.25, 0.3) is 0 Å². The molecule has 3 rings (SSSR count). The summed E-state index contributed by atoms with van der Waals surface area (Å²) in [6.45, 7) is 6.92. The molecule has 1 fully saturated rings. The third kappa shape index (κ3) is 6.25. The molecule has 8 nitrogen and oxygen atoms in total. The number of carbonyl (C=O) groups excluding carboxylic acids is 1. The molecule has 2 aromatic carbocycles. The molecule has 1 N–H and O–H groups in total. The second kappa shape index (κ2) is 11.5. The fourth-order valence-electron chi connectivity index (χ4n) is 3.83. The highest BCUT2D eigenvalue weighted by Crippen LogP contribution is 2.31. The number of methoxy groups -OCH3 is 1. The van der Waals surface area contributed by atoms with Gasteiger partial charge in [0.05, 0.1) is 36.6 Å². The summed E-state index contributed by atoms with van der Waals surface area (Å²) in [7, 11) is -2.03. The van der Waals surface area contributed by atoms with E-state index >= 15 is 0 Å². The standard InChI is InChI=1S/C24H33N3O5S/c1-4-27(5-2)33(29,30)21-11-12-23(26-14-16-32-17-15-26)22(18-21)25-24(28)13-8-19-6-9-20(31-3)10-7-19/h6-7,9-12,18H,4-5,8,13-17H2,1-3H3,(H,25,28). The number of morpholine rings is 1. The van der Waals surface area contributed by atoms with E-state index in [0.717, 1.165) is 17.0 Å². The zero-order valence-electron chi connectivity index (χ0n) is 19.5. The fraction of sp³-hybridized carbons (Fsp3) is 0.458. The van der Waals surface area contributed by atoms with Gasteiger partial charge < -0.3 is 19.7 Å². The minimum atomic E-state index is -3.64. The third-order valence-electron chi connectivity index (χ3n) is 5.74. The van der Waals surface area contributed by atoms with Crippen LogP contribution in [0.1, 0.15) is 25.8 Å². The van der Waals surface area contributed by atoms with Gasteiger partial charge in [-0.05, 0) is 42.3 Å². The second-order valence-electron chi connectivity index (χ2n) is 7.76. The van der Waals surface area contributed by atoms with Crippen molar-refractivity contribution in [2.45, 2.75) is 31.6 Å². The minimum Gasteiger partial charge on any atom is -0.497 e. The van der Waals surface area contributed by atoms with Gasteiger partial charge in [-0.25, -0.2) is 8.42 Å². The molecule has 0 atom stereocenters. The molecule has 1 heterocycles. The summed E-state index contributed by atoms with van der Waals surface area (Å²) in [5.74, 6) is 0.599. The molecule has 1 aliphatic rings. The van der Waals surface area contributed by atoms with Crippen molar-refractivity contribution in [2.75, 3.05) is 56.7 Å². The van der Waals surface area contributed by atoms with Crippen LogP contribution < -0.4 is 15.0 Å². The Morgan fingerprint density at radius 2 is 1.76 bits per heavy atom. The number of aryl methyl sites for hydroxylation is 1. The Kier molecular flexibility index (Phi) is 8.71. The van der Waals surface area contributed by atoms with E-state index in [0.29, 0.717) is 51.5 Å². The number of carbonyl (C=O) groups is 1. The van der Waals surface area contributed by atoms with E-state index < -0.39 is 10.0 Å². The van der Waals surface area contributed by atoms with Crippen molar-refractivity contribution in [2.24, 2.45) is 0 Å². The maximum absolute atomic E-state index is 13.1. The van der Waals surface area contributed by atoms with Crippen LogP contribution in [-0.2, 0) is 26.0 Å². The van der Waals surface area contributed by atoms with Crippen LogP contribution in [0.15, 0.2) is 47.4 Å². The van der Waals surface area contributed by atoms with Crippen LogP contribution in [0.3, 0.4) is 0 Å². The monoisotopic (exact) mass is 475 g/mol. The van der Waals surface area contributed by atoms with Crippen molar-refractivity contribution in [3.05, 3.63) is 48.0 Å². The van der Waals surface area contributed by atoms with Gasteiger partial charge >= 0.3 is 0 Å². The Morgan fingerprint density at radius 1 is 1.09 bits per heavy atom. The number of rotatable bonds is 10.